The van der Waals surface area contributed by atoms with Gasteiger partial charge in [0, 0.05) is 18.2 Å². The number of nitrogens with one attached hydrogen (secondary N) is 1. The molecule has 0 aliphatic heterocycles. The molecule has 0 atom stereocenters. The van der Waals surface area contributed by atoms with Gasteiger partial charge in [0.25, 0.3) is 0 Å². The van der Waals surface area contributed by atoms with Crippen LogP contribution in [0.25, 0.3) is 16.8 Å². The normalized spacial score (nSPS) is 13.3. The SMILES string of the molecule is COC(=O)c1c(-c2ccc(F)cc2)nn2cc(NS(=O)(=O)CCCO[Si](C)(C)C(C)(C)C)c(OS(=O)(=O)C(F)(F)F)cc12. The Balaban J connectivity index is 2.08. The Morgan fingerprint density at radius 2 is 1.67 bits per heavy atom. The number of alkyl halides is 3. The van der Waals surface area contributed by atoms with Gasteiger partial charge >= 0.3 is 21.6 Å². The third kappa shape index (κ3) is 7.84. The van der Waals surface area contributed by atoms with Gasteiger partial charge in [-0.3, -0.25) is 4.72 Å². The Morgan fingerprint density at radius 3 is 2.21 bits per heavy atom. The van der Waals surface area contributed by atoms with Gasteiger partial charge in [0.2, 0.25) is 10.0 Å². The van der Waals surface area contributed by atoms with Crippen LogP contribution < -0.4 is 8.91 Å². The first-order chi connectivity index (χ1) is 19.6. The molecule has 3 rings (SSSR count). The quantitative estimate of drug-likeness (QED) is 0.0718. The molecule has 3 aromatic rings. The number of fused-ring (bicyclic) bond motifs is 1. The number of methoxy groups -OCH3 is 1. The number of nitrogens with zero attached hydrogens (tertiary/aromatic N) is 2. The van der Waals surface area contributed by atoms with Crippen LogP contribution in [0.3, 0.4) is 0 Å². The van der Waals surface area contributed by atoms with Gasteiger partial charge in [-0.1, -0.05) is 20.8 Å². The summed E-state index contributed by atoms with van der Waals surface area (Å²) in [6.45, 7) is 10.1. The van der Waals surface area contributed by atoms with E-state index in [1.165, 1.54) is 12.1 Å². The van der Waals surface area contributed by atoms with E-state index in [2.05, 4.69) is 9.28 Å². The predicted octanol–water partition coefficient (Wildman–Crippen LogP) is 5.31. The number of benzene rings is 1. The van der Waals surface area contributed by atoms with Gasteiger partial charge < -0.3 is 13.3 Å². The molecular weight excluding hydrogens is 639 g/mol. The third-order valence-corrected chi connectivity index (χ3v) is 13.7. The number of esters is 1. The molecule has 0 saturated carbocycles. The highest BCUT2D eigenvalue weighted by Crippen LogP contribution is 2.38. The topological polar surface area (TPSA) is 142 Å². The largest absolute Gasteiger partial charge is 0.534 e. The van der Waals surface area contributed by atoms with Crippen molar-refractivity contribution in [1.82, 2.24) is 9.61 Å². The Bertz CT molecular complexity index is 1720. The van der Waals surface area contributed by atoms with E-state index in [0.717, 1.165) is 30.0 Å². The standard InChI is InChI=1S/C25H31F4N3O8S2Si/c1-24(2,3)43(5,6)39-12-7-13-41(34,35)31-18-15-32-19(14-20(18)40-42(36,37)25(27,28)29)21(23(33)38-4)22(30-32)16-8-10-17(26)11-9-16/h8-11,14-15,31H,7,12-13H2,1-6H3. The third-order valence-electron chi connectivity index (χ3n) is 6.81. The van der Waals surface area contributed by atoms with Crippen LogP contribution in [-0.4, -0.2) is 65.7 Å². The van der Waals surface area contributed by atoms with E-state index in [0.29, 0.717) is 6.07 Å². The number of carbonyl (C=O) groups is 1. The number of pyridine rings is 1. The Hall–Kier alpha value is -3.22. The van der Waals surface area contributed by atoms with Crippen LogP contribution >= 0.6 is 0 Å². The van der Waals surface area contributed by atoms with Crippen molar-refractivity contribution in [2.75, 3.05) is 24.2 Å². The molecule has 18 heteroatoms. The first-order valence-electron chi connectivity index (χ1n) is 12.6. The molecule has 43 heavy (non-hydrogen) atoms. The molecule has 11 nitrogen and oxygen atoms in total. The number of rotatable bonds is 11. The van der Waals surface area contributed by atoms with Crippen LogP contribution in [0.2, 0.25) is 18.1 Å². The van der Waals surface area contributed by atoms with E-state index in [4.69, 9.17) is 9.16 Å². The highest BCUT2D eigenvalue weighted by atomic mass is 32.2. The minimum absolute atomic E-state index is 0.0180. The summed E-state index contributed by atoms with van der Waals surface area (Å²) in [4.78, 5) is 12.7. The van der Waals surface area contributed by atoms with Gasteiger partial charge in [0.15, 0.2) is 14.1 Å². The van der Waals surface area contributed by atoms with Crippen molar-refractivity contribution >= 4 is 45.6 Å². The summed E-state index contributed by atoms with van der Waals surface area (Å²) in [5.74, 6) is -3.24. The molecule has 238 valence electrons. The maximum Gasteiger partial charge on any atom is 0.534 e. The Morgan fingerprint density at radius 1 is 1.07 bits per heavy atom. The summed E-state index contributed by atoms with van der Waals surface area (Å²) in [6.07, 6.45) is 0.865. The van der Waals surface area contributed by atoms with Gasteiger partial charge in [-0.15, -0.1) is 0 Å². The fraction of sp³-hybridized carbons (Fsp3) is 0.440. The molecule has 0 spiro atoms. The summed E-state index contributed by atoms with van der Waals surface area (Å²) < 4.78 is 121. The molecule has 0 amide bonds. The van der Waals surface area contributed by atoms with Crippen LogP contribution in [0.4, 0.5) is 23.2 Å². The van der Waals surface area contributed by atoms with Crippen molar-refractivity contribution in [3.8, 4) is 17.0 Å². The molecule has 0 aliphatic carbocycles. The minimum Gasteiger partial charge on any atom is -0.465 e. The van der Waals surface area contributed by atoms with Crippen LogP contribution in [-0.2, 0) is 29.3 Å². The number of ether oxygens (including phenoxy) is 1. The Kier molecular flexibility index (Phi) is 9.60. The predicted molar refractivity (Wildman–Crippen MR) is 153 cm³/mol. The van der Waals surface area contributed by atoms with Crippen LogP contribution in [0.1, 0.15) is 37.6 Å². The monoisotopic (exact) mass is 669 g/mol. The zero-order valence-electron chi connectivity index (χ0n) is 24.1. The average Bonchev–Trinajstić information content (AvgIpc) is 3.23. The minimum atomic E-state index is -6.28. The fourth-order valence-corrected chi connectivity index (χ4v) is 6.15. The first-order valence-corrected chi connectivity index (χ1v) is 18.6. The number of hydrogen-bond donors (Lipinski definition) is 1. The van der Waals surface area contributed by atoms with Crippen molar-refractivity contribution in [3.05, 3.63) is 47.9 Å². The molecular formula is C25H31F4N3O8S2Si. The van der Waals surface area contributed by atoms with Crippen LogP contribution in [0.15, 0.2) is 36.5 Å². The first kappa shape index (κ1) is 34.3. The lowest BCUT2D eigenvalue weighted by atomic mass is 10.1. The summed E-state index contributed by atoms with van der Waals surface area (Å²) in [5.41, 5.74) is -7.11. The summed E-state index contributed by atoms with van der Waals surface area (Å²) >= 11 is 0. The highest BCUT2D eigenvalue weighted by molar-refractivity contribution is 7.92. The highest BCUT2D eigenvalue weighted by Gasteiger charge is 2.49. The van der Waals surface area contributed by atoms with Crippen molar-refractivity contribution in [1.29, 1.82) is 0 Å². The van der Waals surface area contributed by atoms with Crippen molar-refractivity contribution in [2.45, 2.75) is 50.8 Å². The van der Waals surface area contributed by atoms with Crippen LogP contribution in [0.5, 0.6) is 5.75 Å². The molecule has 1 aromatic carbocycles. The molecule has 2 aromatic heterocycles. The van der Waals surface area contributed by atoms with Gasteiger partial charge in [-0.05, 0) is 48.8 Å². The number of halogens is 4. The van der Waals surface area contributed by atoms with Crippen molar-refractivity contribution in [3.63, 3.8) is 0 Å². The maximum absolute atomic E-state index is 13.5. The average molecular weight is 670 g/mol. The second kappa shape index (κ2) is 12.0. The number of hydrogen-bond acceptors (Lipinski definition) is 9. The Labute approximate surface area is 247 Å². The zero-order valence-corrected chi connectivity index (χ0v) is 26.7. The van der Waals surface area contributed by atoms with E-state index in [9.17, 15) is 39.2 Å². The van der Waals surface area contributed by atoms with Gasteiger partial charge in [0.1, 0.15) is 22.8 Å². The molecule has 0 unspecified atom stereocenters. The van der Waals surface area contributed by atoms with E-state index >= 15 is 0 Å². The van der Waals surface area contributed by atoms with E-state index < -0.39 is 62.9 Å². The molecule has 0 bridgehead atoms. The number of anilines is 1. The number of sulfonamides is 1. The lowest BCUT2D eigenvalue weighted by Crippen LogP contribution is -2.41. The van der Waals surface area contributed by atoms with E-state index in [-0.39, 0.29) is 40.4 Å². The lowest BCUT2D eigenvalue weighted by Gasteiger charge is -2.36. The summed E-state index contributed by atoms with van der Waals surface area (Å²) in [5, 5.41) is 4.07. The van der Waals surface area contributed by atoms with Crippen molar-refractivity contribution in [2.24, 2.45) is 0 Å². The molecule has 0 saturated heterocycles. The summed E-state index contributed by atoms with van der Waals surface area (Å²) in [6, 6.07) is 5.38. The number of carbonyl (C=O) groups excluding carboxylic acids is 1. The van der Waals surface area contributed by atoms with E-state index in [1.807, 2.05) is 38.6 Å². The van der Waals surface area contributed by atoms with Gasteiger partial charge in [0.05, 0.1) is 24.6 Å². The van der Waals surface area contributed by atoms with Crippen LogP contribution in [0, 0.1) is 5.82 Å². The zero-order chi connectivity index (χ0) is 32.6. The fourth-order valence-electron chi connectivity index (χ4n) is 3.51. The van der Waals surface area contributed by atoms with Crippen molar-refractivity contribution < 1.29 is 52.5 Å². The summed E-state index contributed by atoms with van der Waals surface area (Å²) in [7, 11) is -11.7. The molecule has 2 heterocycles. The van der Waals surface area contributed by atoms with E-state index in [1.54, 1.807) is 0 Å². The molecule has 0 radical (unpaired) electrons. The van der Waals surface area contributed by atoms with Gasteiger partial charge in [-0.2, -0.15) is 26.7 Å². The molecule has 0 aliphatic rings. The lowest BCUT2D eigenvalue weighted by molar-refractivity contribution is -0.0499. The number of aromatic nitrogens is 2. The smallest absolute Gasteiger partial charge is 0.465 e. The maximum atomic E-state index is 13.5. The second-order valence-electron chi connectivity index (χ2n) is 11.0. The van der Waals surface area contributed by atoms with Gasteiger partial charge in [-0.25, -0.2) is 22.1 Å². The molecule has 0 fully saturated rings. The molecule has 1 N–H and O–H groups in total. The second-order valence-corrected chi connectivity index (χ2v) is 19.2.